The molecule has 0 saturated carbocycles. The number of carbonyl (C=O) groups excluding carboxylic acids is 2. The van der Waals surface area contributed by atoms with E-state index < -0.39 is 18.0 Å². The van der Waals surface area contributed by atoms with E-state index in [4.69, 9.17) is 14.7 Å². The number of hydrogen-bond donors (Lipinski definition) is 1. The minimum atomic E-state index is -0.775. The van der Waals surface area contributed by atoms with Gasteiger partial charge in [-0.1, -0.05) is 11.3 Å². The number of ether oxygens (including phenoxy) is 2. The van der Waals surface area contributed by atoms with Gasteiger partial charge in [0.2, 0.25) is 0 Å². The lowest BCUT2D eigenvalue weighted by molar-refractivity contribution is -0.122. The zero-order chi connectivity index (χ0) is 18.4. The number of rotatable bonds is 6. The van der Waals surface area contributed by atoms with E-state index in [1.54, 1.807) is 45.0 Å². The molecule has 0 fully saturated rings. The summed E-state index contributed by atoms with van der Waals surface area (Å²) in [6.07, 6.45) is -0.775. The van der Waals surface area contributed by atoms with Crippen LogP contribution in [0.5, 0.6) is 5.75 Å². The maximum absolute atomic E-state index is 12.2. The van der Waals surface area contributed by atoms with Crippen molar-refractivity contribution in [3.8, 4) is 11.8 Å². The van der Waals surface area contributed by atoms with Crippen LogP contribution in [0, 0.1) is 18.3 Å². The number of amides is 1. The maximum atomic E-state index is 12.2. The number of anilines is 1. The van der Waals surface area contributed by atoms with Gasteiger partial charge < -0.3 is 9.47 Å². The Balaban J connectivity index is 2.00. The molecule has 130 valence electrons. The van der Waals surface area contributed by atoms with Gasteiger partial charge in [0.15, 0.2) is 11.2 Å². The fourth-order valence-corrected chi connectivity index (χ4v) is 2.77. The monoisotopic (exact) mass is 359 g/mol. The van der Waals surface area contributed by atoms with Crippen LogP contribution in [0.25, 0.3) is 0 Å². The highest BCUT2D eigenvalue weighted by Crippen LogP contribution is 2.24. The molecule has 8 heteroatoms. The quantitative estimate of drug-likeness (QED) is 0.796. The van der Waals surface area contributed by atoms with Gasteiger partial charge in [-0.2, -0.15) is 5.26 Å². The van der Waals surface area contributed by atoms with Crippen molar-refractivity contribution in [2.24, 2.45) is 0 Å². The molecule has 1 unspecified atom stereocenters. The molecule has 1 heterocycles. The molecule has 0 aliphatic carbocycles. The Bertz CT molecular complexity index is 808. The molecule has 0 aliphatic heterocycles. The third-order valence-electron chi connectivity index (χ3n) is 3.15. The number of esters is 1. The maximum Gasteiger partial charge on any atom is 0.350 e. The van der Waals surface area contributed by atoms with Crippen LogP contribution in [0.1, 0.15) is 34.8 Å². The number of nitriles is 1. The van der Waals surface area contributed by atoms with Gasteiger partial charge in [-0.25, -0.2) is 9.78 Å². The Kier molecular flexibility index (Phi) is 6.08. The minimum Gasteiger partial charge on any atom is -0.481 e. The number of benzene rings is 1. The summed E-state index contributed by atoms with van der Waals surface area (Å²) in [7, 11) is 0. The van der Waals surface area contributed by atoms with Gasteiger partial charge in [0.25, 0.3) is 5.91 Å². The summed E-state index contributed by atoms with van der Waals surface area (Å²) in [6, 6.07) is 8.46. The smallest absolute Gasteiger partial charge is 0.350 e. The second kappa shape index (κ2) is 8.26. The average Bonchev–Trinajstić information content (AvgIpc) is 2.96. The molecule has 1 atom stereocenters. The molecule has 1 amide bonds. The topological polar surface area (TPSA) is 101 Å². The lowest BCUT2D eigenvalue weighted by Gasteiger charge is -2.13. The summed E-state index contributed by atoms with van der Waals surface area (Å²) >= 11 is 1.06. The summed E-state index contributed by atoms with van der Waals surface area (Å²) in [6.45, 7) is 5.27. The fourth-order valence-electron chi connectivity index (χ4n) is 1.91. The lowest BCUT2D eigenvalue weighted by Crippen LogP contribution is -2.30. The van der Waals surface area contributed by atoms with E-state index in [1.807, 2.05) is 6.07 Å². The second-order valence-corrected chi connectivity index (χ2v) is 6.04. The largest absolute Gasteiger partial charge is 0.481 e. The zero-order valence-corrected chi connectivity index (χ0v) is 14.8. The van der Waals surface area contributed by atoms with Crippen LogP contribution in [0.4, 0.5) is 5.13 Å². The summed E-state index contributed by atoms with van der Waals surface area (Å²) in [5, 5.41) is 11.7. The number of nitrogens with one attached hydrogen (secondary N) is 1. The second-order valence-electron chi connectivity index (χ2n) is 5.04. The molecule has 2 aromatic rings. The molecule has 0 aliphatic rings. The van der Waals surface area contributed by atoms with Crippen molar-refractivity contribution in [3.05, 3.63) is 40.4 Å². The number of thiazole rings is 1. The molecule has 1 N–H and O–H groups in total. The highest BCUT2D eigenvalue weighted by atomic mass is 32.1. The SMILES string of the molecule is CCOC(=O)c1sc(NC(=O)C(C)Oc2ccc(C#N)cc2)nc1C. The van der Waals surface area contributed by atoms with E-state index in [0.29, 0.717) is 27.0 Å². The molecule has 0 saturated heterocycles. The number of carbonyl (C=O) groups is 2. The zero-order valence-electron chi connectivity index (χ0n) is 14.0. The Labute approximate surface area is 149 Å². The van der Waals surface area contributed by atoms with Crippen LogP contribution >= 0.6 is 11.3 Å². The molecule has 0 bridgehead atoms. The highest BCUT2D eigenvalue weighted by Gasteiger charge is 2.20. The normalized spacial score (nSPS) is 11.3. The van der Waals surface area contributed by atoms with E-state index in [9.17, 15) is 9.59 Å². The van der Waals surface area contributed by atoms with Crippen molar-refractivity contribution < 1.29 is 19.1 Å². The third-order valence-corrected chi connectivity index (χ3v) is 4.21. The summed E-state index contributed by atoms with van der Waals surface area (Å²) in [4.78, 5) is 28.5. The molecule has 1 aromatic heterocycles. The van der Waals surface area contributed by atoms with Gasteiger partial charge in [-0.15, -0.1) is 0 Å². The van der Waals surface area contributed by atoms with Crippen molar-refractivity contribution in [2.45, 2.75) is 26.9 Å². The van der Waals surface area contributed by atoms with E-state index in [2.05, 4.69) is 10.3 Å². The first-order valence-electron chi connectivity index (χ1n) is 7.56. The highest BCUT2D eigenvalue weighted by molar-refractivity contribution is 7.17. The van der Waals surface area contributed by atoms with E-state index in [-0.39, 0.29) is 6.61 Å². The molecular formula is C17H17N3O4S. The molecule has 2 rings (SSSR count). The molecule has 7 nitrogen and oxygen atoms in total. The first-order valence-corrected chi connectivity index (χ1v) is 8.38. The average molecular weight is 359 g/mol. The first-order chi connectivity index (χ1) is 11.9. The summed E-state index contributed by atoms with van der Waals surface area (Å²) in [5.41, 5.74) is 1.01. The fraction of sp³-hybridized carbons (Fsp3) is 0.294. The molecule has 0 spiro atoms. The first kappa shape index (κ1) is 18.4. The summed E-state index contributed by atoms with van der Waals surface area (Å²) < 4.78 is 10.5. The Morgan fingerprint density at radius 3 is 2.64 bits per heavy atom. The lowest BCUT2D eigenvalue weighted by atomic mass is 10.2. The minimum absolute atomic E-state index is 0.271. The van der Waals surface area contributed by atoms with Crippen molar-refractivity contribution in [1.29, 1.82) is 5.26 Å². The van der Waals surface area contributed by atoms with E-state index >= 15 is 0 Å². The molecule has 0 radical (unpaired) electrons. The number of aromatic nitrogens is 1. The third kappa shape index (κ3) is 4.78. The van der Waals surface area contributed by atoms with Crippen LogP contribution in [-0.2, 0) is 9.53 Å². The van der Waals surface area contributed by atoms with Crippen molar-refractivity contribution in [3.63, 3.8) is 0 Å². The van der Waals surface area contributed by atoms with E-state index in [0.717, 1.165) is 11.3 Å². The molecule has 1 aromatic carbocycles. The van der Waals surface area contributed by atoms with Crippen molar-refractivity contribution in [2.75, 3.05) is 11.9 Å². The van der Waals surface area contributed by atoms with Gasteiger partial charge in [0.1, 0.15) is 10.6 Å². The molecular weight excluding hydrogens is 342 g/mol. The predicted molar refractivity (Wildman–Crippen MR) is 92.7 cm³/mol. The Hall–Kier alpha value is -2.92. The number of aryl methyl sites for hydroxylation is 1. The Morgan fingerprint density at radius 2 is 2.04 bits per heavy atom. The number of nitrogens with zero attached hydrogens (tertiary/aromatic N) is 2. The van der Waals surface area contributed by atoms with Gasteiger partial charge >= 0.3 is 5.97 Å². The van der Waals surface area contributed by atoms with Crippen molar-refractivity contribution in [1.82, 2.24) is 4.98 Å². The van der Waals surface area contributed by atoms with E-state index in [1.165, 1.54) is 0 Å². The predicted octanol–water partition coefficient (Wildman–Crippen LogP) is 2.91. The standard InChI is InChI=1S/C17H17N3O4S/c1-4-23-16(22)14-10(2)19-17(25-14)20-15(21)11(3)24-13-7-5-12(9-18)6-8-13/h5-8,11H,4H2,1-3H3,(H,19,20,21). The van der Waals surface area contributed by atoms with Crippen molar-refractivity contribution >= 4 is 28.3 Å². The van der Waals surface area contributed by atoms with Crippen LogP contribution in [0.2, 0.25) is 0 Å². The van der Waals surface area contributed by atoms with Crippen LogP contribution in [-0.4, -0.2) is 29.6 Å². The Morgan fingerprint density at radius 1 is 1.36 bits per heavy atom. The van der Waals surface area contributed by atoms with Crippen LogP contribution in [0.3, 0.4) is 0 Å². The van der Waals surface area contributed by atoms with Gasteiger partial charge in [0, 0.05) is 0 Å². The van der Waals surface area contributed by atoms with Gasteiger partial charge in [0.05, 0.1) is 23.9 Å². The van der Waals surface area contributed by atoms with Gasteiger partial charge in [-0.05, 0) is 45.0 Å². The summed E-state index contributed by atoms with van der Waals surface area (Å²) in [5.74, 6) is -0.377. The van der Waals surface area contributed by atoms with Crippen LogP contribution in [0.15, 0.2) is 24.3 Å². The number of hydrogen-bond acceptors (Lipinski definition) is 7. The van der Waals surface area contributed by atoms with Crippen LogP contribution < -0.4 is 10.1 Å². The molecule has 25 heavy (non-hydrogen) atoms. The van der Waals surface area contributed by atoms with Gasteiger partial charge in [-0.3, -0.25) is 10.1 Å².